The Balaban J connectivity index is 1.77. The van der Waals surface area contributed by atoms with Crippen LogP contribution in [-0.4, -0.2) is 85.8 Å². The molecule has 0 aromatic rings. The molecule has 0 aliphatic heterocycles. The highest BCUT2D eigenvalue weighted by molar-refractivity contribution is 7.80. The molecule has 12 atom stereocenters. The third-order valence-corrected chi connectivity index (χ3v) is 11.8. The van der Waals surface area contributed by atoms with E-state index in [0.29, 0.717) is 32.1 Å². The van der Waals surface area contributed by atoms with Crippen molar-refractivity contribution in [3.8, 4) is 0 Å². The Morgan fingerprint density at radius 3 is 2.37 bits per heavy atom. The van der Waals surface area contributed by atoms with Crippen molar-refractivity contribution in [2.75, 3.05) is 6.61 Å². The minimum atomic E-state index is -4.98. The van der Waals surface area contributed by atoms with Crippen LogP contribution in [0.25, 0.3) is 0 Å². The Kier molecular flexibility index (Phi) is 8.00. The summed E-state index contributed by atoms with van der Waals surface area (Å²) < 4.78 is 38.7. The lowest BCUT2D eigenvalue weighted by molar-refractivity contribution is -0.335. The van der Waals surface area contributed by atoms with E-state index in [4.69, 9.17) is 4.18 Å². The van der Waals surface area contributed by atoms with Crippen LogP contribution in [0.2, 0.25) is 0 Å². The van der Waals surface area contributed by atoms with E-state index in [-0.39, 0.29) is 37.7 Å². The zero-order valence-corrected chi connectivity index (χ0v) is 23.6. The number of allylic oxidation sites excluding steroid dienone is 1. The van der Waals surface area contributed by atoms with Crippen molar-refractivity contribution in [3.63, 3.8) is 0 Å². The summed E-state index contributed by atoms with van der Waals surface area (Å²) in [5.74, 6) is -1.62. The number of fused-ring (bicyclic) bond motifs is 5. The highest BCUT2D eigenvalue weighted by Crippen LogP contribution is 2.71. The van der Waals surface area contributed by atoms with E-state index < -0.39 is 68.7 Å². The number of aliphatic hydroxyl groups excluding tert-OH is 4. The van der Waals surface area contributed by atoms with Gasteiger partial charge in [-0.25, -0.2) is 4.18 Å². The number of aliphatic hydroxyl groups is 6. The molecule has 11 heteroatoms. The van der Waals surface area contributed by atoms with Gasteiger partial charge in [-0.05, 0) is 75.0 Å². The first-order valence-corrected chi connectivity index (χ1v) is 15.2. The van der Waals surface area contributed by atoms with Crippen LogP contribution in [0.4, 0.5) is 0 Å². The van der Waals surface area contributed by atoms with E-state index in [1.807, 2.05) is 33.8 Å². The normalized spacial score (nSPS) is 50.2. The summed E-state index contributed by atoms with van der Waals surface area (Å²) in [5.41, 5.74) is -5.08. The largest absolute Gasteiger partial charge is 0.397 e. The quantitative estimate of drug-likeness (QED) is 0.176. The minimum Gasteiger partial charge on any atom is -0.393 e. The standard InChI is InChI=1S/C27H46O10S/c1-15(14-28)6-5-7-16(2)17-12-21(37-38(34,35)36)27(33)25(17,4)11-9-20-24(3)10-8-18(29)23(31)22(24)19(30)13-26(20,27)32/h6,16-23,28-33H,5,7-14H2,1-4H3,(H,34,35,36)/b15-6+/t16-,17-,18+,19+,20-,21+,22+,23+,24-,25-,26+,27+/m1/s1. The SMILES string of the molecule is C/C(=C\CC[C@@H](C)[C@H]1C[C@H](OS(=O)(=O)O)[C@]2(O)[C@]1(C)CC[C@@H]1[C@@]3(C)CC[C@H](O)[C@H](O)[C@@H]3[C@@H](O)C[C@]12O)CO. The second-order valence-electron chi connectivity index (χ2n) is 13.2. The summed E-state index contributed by atoms with van der Waals surface area (Å²) in [6, 6.07) is 0. The second-order valence-corrected chi connectivity index (χ2v) is 14.3. The molecule has 7 N–H and O–H groups in total. The Hall–Kier alpha value is -0.630. The predicted molar refractivity (Wildman–Crippen MR) is 138 cm³/mol. The molecule has 38 heavy (non-hydrogen) atoms. The van der Waals surface area contributed by atoms with Gasteiger partial charge in [0.05, 0.1) is 24.9 Å². The zero-order valence-electron chi connectivity index (χ0n) is 22.8. The van der Waals surface area contributed by atoms with Crippen molar-refractivity contribution in [2.45, 2.75) is 115 Å². The summed E-state index contributed by atoms with van der Waals surface area (Å²) in [4.78, 5) is 0. The zero-order chi connectivity index (χ0) is 28.5. The van der Waals surface area contributed by atoms with Crippen LogP contribution >= 0.6 is 0 Å². The first-order valence-electron chi connectivity index (χ1n) is 13.9. The lowest BCUT2D eigenvalue weighted by Gasteiger charge is -2.69. The summed E-state index contributed by atoms with van der Waals surface area (Å²) in [6.45, 7) is 7.50. The smallest absolute Gasteiger partial charge is 0.393 e. The van der Waals surface area contributed by atoms with Gasteiger partial charge in [0, 0.05) is 17.8 Å². The average Bonchev–Trinajstić information content (AvgIpc) is 3.03. The molecule has 4 aliphatic carbocycles. The summed E-state index contributed by atoms with van der Waals surface area (Å²) in [7, 11) is -4.98. The monoisotopic (exact) mass is 562 g/mol. The van der Waals surface area contributed by atoms with Gasteiger partial charge in [0.25, 0.3) is 0 Å². The first-order chi connectivity index (χ1) is 17.5. The highest BCUT2D eigenvalue weighted by atomic mass is 32.3. The van der Waals surface area contributed by atoms with Crippen molar-refractivity contribution < 1.29 is 47.8 Å². The van der Waals surface area contributed by atoms with E-state index in [1.165, 1.54) is 0 Å². The fraction of sp³-hybridized carbons (Fsp3) is 0.926. The molecule has 4 fully saturated rings. The molecule has 10 nitrogen and oxygen atoms in total. The maximum atomic E-state index is 12.6. The van der Waals surface area contributed by atoms with Gasteiger partial charge in [0.1, 0.15) is 17.3 Å². The maximum absolute atomic E-state index is 12.6. The number of hydrogen-bond acceptors (Lipinski definition) is 9. The van der Waals surface area contributed by atoms with Crippen molar-refractivity contribution in [3.05, 3.63) is 11.6 Å². The van der Waals surface area contributed by atoms with Crippen LogP contribution in [-0.2, 0) is 14.6 Å². The molecule has 0 amide bonds. The molecule has 0 radical (unpaired) electrons. The molecule has 220 valence electrons. The van der Waals surface area contributed by atoms with E-state index in [9.17, 15) is 43.6 Å². The fourth-order valence-electron chi connectivity index (χ4n) is 9.50. The van der Waals surface area contributed by atoms with Crippen molar-refractivity contribution in [1.82, 2.24) is 0 Å². The topological polar surface area (TPSA) is 185 Å². The van der Waals surface area contributed by atoms with Gasteiger partial charge in [0.2, 0.25) is 0 Å². The van der Waals surface area contributed by atoms with Crippen LogP contribution in [0.3, 0.4) is 0 Å². The fourth-order valence-corrected chi connectivity index (χ4v) is 10.0. The third kappa shape index (κ3) is 4.41. The van der Waals surface area contributed by atoms with E-state index in [1.54, 1.807) is 0 Å². The van der Waals surface area contributed by atoms with Crippen molar-refractivity contribution >= 4 is 10.4 Å². The molecule has 0 spiro atoms. The molecule has 4 rings (SSSR count). The Morgan fingerprint density at radius 2 is 1.76 bits per heavy atom. The molecule has 4 saturated carbocycles. The predicted octanol–water partition coefficient (Wildman–Crippen LogP) is 1.33. The highest BCUT2D eigenvalue weighted by Gasteiger charge is 2.79. The number of hydrogen-bond donors (Lipinski definition) is 7. The second kappa shape index (κ2) is 10.0. The summed E-state index contributed by atoms with van der Waals surface area (Å²) in [5, 5.41) is 66.9. The van der Waals surface area contributed by atoms with Gasteiger partial charge < -0.3 is 30.6 Å². The number of rotatable bonds is 7. The molecule has 0 unspecified atom stereocenters. The van der Waals surface area contributed by atoms with Crippen LogP contribution < -0.4 is 0 Å². The van der Waals surface area contributed by atoms with Crippen LogP contribution in [0.1, 0.15) is 79.1 Å². The molecule has 0 heterocycles. The maximum Gasteiger partial charge on any atom is 0.397 e. The van der Waals surface area contributed by atoms with Gasteiger partial charge in [0.15, 0.2) is 0 Å². The van der Waals surface area contributed by atoms with Gasteiger partial charge >= 0.3 is 10.4 Å². The van der Waals surface area contributed by atoms with Crippen molar-refractivity contribution in [1.29, 1.82) is 0 Å². The van der Waals surface area contributed by atoms with Gasteiger partial charge in [-0.15, -0.1) is 0 Å². The Labute approximate surface area is 225 Å². The van der Waals surface area contributed by atoms with Crippen LogP contribution in [0.15, 0.2) is 11.6 Å². The third-order valence-electron chi connectivity index (χ3n) is 11.3. The Morgan fingerprint density at radius 1 is 1.11 bits per heavy atom. The molecule has 4 aliphatic rings. The summed E-state index contributed by atoms with van der Waals surface area (Å²) in [6.07, 6.45) is -0.205. The van der Waals surface area contributed by atoms with E-state index in [2.05, 4.69) is 0 Å². The molecular formula is C27H46O10S. The van der Waals surface area contributed by atoms with Crippen molar-refractivity contribution in [2.24, 2.45) is 34.5 Å². The van der Waals surface area contributed by atoms with Crippen LogP contribution in [0.5, 0.6) is 0 Å². The van der Waals surface area contributed by atoms with E-state index in [0.717, 1.165) is 5.57 Å². The van der Waals surface area contributed by atoms with Gasteiger partial charge in [-0.1, -0.05) is 32.4 Å². The molecular weight excluding hydrogens is 516 g/mol. The average molecular weight is 563 g/mol. The lowest BCUT2D eigenvalue weighted by atomic mass is 9.40. The minimum absolute atomic E-state index is 0.0205. The molecule has 0 bridgehead atoms. The summed E-state index contributed by atoms with van der Waals surface area (Å²) >= 11 is 0. The van der Waals surface area contributed by atoms with Gasteiger partial charge in [-0.2, -0.15) is 8.42 Å². The lowest BCUT2D eigenvalue weighted by Crippen LogP contribution is -2.78. The molecule has 0 aromatic carbocycles. The first kappa shape index (κ1) is 30.3. The van der Waals surface area contributed by atoms with E-state index >= 15 is 0 Å². The Bertz CT molecular complexity index is 1030. The molecule has 0 aromatic heterocycles. The molecule has 0 saturated heterocycles. The van der Waals surface area contributed by atoms with Gasteiger partial charge in [-0.3, -0.25) is 4.55 Å². The van der Waals surface area contributed by atoms with Crippen LogP contribution in [0, 0.1) is 34.5 Å².